The molecule has 3 rings (SSSR count). The normalized spacial score (nSPS) is 31.7. The third-order valence-electron chi connectivity index (χ3n) is 5.01. The van der Waals surface area contributed by atoms with Crippen molar-refractivity contribution < 1.29 is 9.90 Å². The van der Waals surface area contributed by atoms with Crippen LogP contribution in [0.15, 0.2) is 28.2 Å². The first-order valence-electron chi connectivity index (χ1n) is 7.61. The number of carbonyl (C=O) groups excluding carboxylic acids is 1. The molecule has 21 heavy (non-hydrogen) atoms. The monoisotopic (exact) mass is 302 g/mol. The van der Waals surface area contributed by atoms with Crippen LogP contribution in [0.3, 0.4) is 0 Å². The molecule has 3 heteroatoms. The van der Waals surface area contributed by atoms with Crippen LogP contribution in [-0.2, 0) is 4.79 Å². The van der Waals surface area contributed by atoms with E-state index in [1.807, 2.05) is 6.92 Å². The number of hydrogen-bond acceptors (Lipinski definition) is 3. The average molecular weight is 302 g/mol. The number of fused-ring (bicyclic) bond motifs is 1. The molecule has 0 bridgehead atoms. The second kappa shape index (κ2) is 5.22. The van der Waals surface area contributed by atoms with Gasteiger partial charge in [0.1, 0.15) is 0 Å². The lowest BCUT2D eigenvalue weighted by Gasteiger charge is -2.44. The van der Waals surface area contributed by atoms with Gasteiger partial charge in [-0.05, 0) is 79.2 Å². The summed E-state index contributed by atoms with van der Waals surface area (Å²) < 4.78 is 0. The Labute approximate surface area is 130 Å². The maximum Gasteiger partial charge on any atom is 0.184 e. The number of hydrogen-bond donors (Lipinski definition) is 1. The number of ketones is 1. The van der Waals surface area contributed by atoms with E-state index in [1.165, 1.54) is 10.4 Å². The number of allylic oxidation sites excluding steroid dienone is 2. The lowest BCUT2D eigenvalue weighted by Crippen LogP contribution is -2.38. The van der Waals surface area contributed by atoms with E-state index in [2.05, 4.69) is 31.4 Å². The minimum absolute atomic E-state index is 0.0490. The van der Waals surface area contributed by atoms with Gasteiger partial charge in [0, 0.05) is 10.5 Å². The van der Waals surface area contributed by atoms with Crippen LogP contribution < -0.4 is 0 Å². The summed E-state index contributed by atoms with van der Waals surface area (Å²) >= 11 is 1.68. The van der Waals surface area contributed by atoms with Crippen LogP contribution in [0.2, 0.25) is 0 Å². The molecule has 0 amide bonds. The molecule has 1 N–H and O–H groups in total. The second-order valence-electron chi connectivity index (χ2n) is 6.65. The Kier molecular flexibility index (Phi) is 3.66. The number of Topliss-reactive ketones (excluding diaryl/α,β-unsaturated/α-hetero) is 1. The zero-order valence-corrected chi connectivity index (χ0v) is 13.7. The van der Waals surface area contributed by atoms with E-state index >= 15 is 0 Å². The molecule has 2 aliphatic carbocycles. The van der Waals surface area contributed by atoms with Gasteiger partial charge in [-0.1, -0.05) is 6.92 Å². The molecular formula is C18H22O2S. The van der Waals surface area contributed by atoms with Gasteiger partial charge in [-0.3, -0.25) is 4.79 Å². The van der Waals surface area contributed by atoms with Crippen molar-refractivity contribution in [3.8, 4) is 0 Å². The van der Waals surface area contributed by atoms with Crippen molar-refractivity contribution in [2.45, 2.75) is 52.6 Å². The summed E-state index contributed by atoms with van der Waals surface area (Å²) in [4.78, 5) is 13.8. The molecule has 2 atom stereocenters. The highest BCUT2D eigenvalue weighted by Crippen LogP contribution is 2.50. The number of rotatable bonds is 1. The fourth-order valence-electron chi connectivity index (χ4n) is 3.92. The minimum atomic E-state index is -0.433. The maximum atomic E-state index is 12.7. The minimum Gasteiger partial charge on any atom is -0.389 e. The summed E-state index contributed by atoms with van der Waals surface area (Å²) in [5, 5.41) is 12.4. The Morgan fingerprint density at radius 1 is 1.43 bits per heavy atom. The third kappa shape index (κ3) is 2.43. The van der Waals surface area contributed by atoms with Crippen LogP contribution in [0, 0.1) is 12.3 Å². The van der Waals surface area contributed by atoms with Gasteiger partial charge < -0.3 is 5.11 Å². The first-order chi connectivity index (χ1) is 9.92. The van der Waals surface area contributed by atoms with E-state index in [1.54, 1.807) is 11.3 Å². The van der Waals surface area contributed by atoms with E-state index < -0.39 is 6.10 Å². The first-order valence-corrected chi connectivity index (χ1v) is 8.49. The van der Waals surface area contributed by atoms with Gasteiger partial charge in [-0.2, -0.15) is 0 Å². The lowest BCUT2D eigenvalue weighted by molar-refractivity contribution is -0.113. The van der Waals surface area contributed by atoms with Gasteiger partial charge in [0.25, 0.3) is 0 Å². The summed E-state index contributed by atoms with van der Waals surface area (Å²) in [7, 11) is 0. The third-order valence-corrected chi connectivity index (χ3v) is 5.98. The van der Waals surface area contributed by atoms with Gasteiger partial charge in [0.05, 0.1) is 6.10 Å². The Morgan fingerprint density at radius 2 is 2.19 bits per heavy atom. The summed E-state index contributed by atoms with van der Waals surface area (Å²) in [6.07, 6.45) is 5.27. The number of aliphatic hydroxyl groups is 1. The molecule has 0 saturated heterocycles. The summed E-state index contributed by atoms with van der Waals surface area (Å²) in [5.74, 6) is 0.122. The van der Waals surface area contributed by atoms with E-state index in [4.69, 9.17) is 0 Å². The summed E-state index contributed by atoms with van der Waals surface area (Å²) in [6.45, 7) is 6.17. The first kappa shape index (κ1) is 14.7. The number of thiophene rings is 1. The molecule has 0 radical (unpaired) electrons. The van der Waals surface area contributed by atoms with Crippen molar-refractivity contribution in [3.63, 3.8) is 0 Å². The van der Waals surface area contributed by atoms with Gasteiger partial charge in [0.2, 0.25) is 0 Å². The highest BCUT2D eigenvalue weighted by atomic mass is 32.1. The van der Waals surface area contributed by atoms with Gasteiger partial charge >= 0.3 is 0 Å². The molecule has 112 valence electrons. The SMILES string of the molecule is CC1=C2[C@@H](O)CCC[C@@]2(C)CC(=Cc2sccc2C)C1=O. The Morgan fingerprint density at radius 3 is 2.86 bits per heavy atom. The number of carbonyl (C=O) groups is 1. The predicted molar refractivity (Wildman–Crippen MR) is 87.3 cm³/mol. The van der Waals surface area contributed by atoms with Gasteiger partial charge in [-0.25, -0.2) is 0 Å². The van der Waals surface area contributed by atoms with Gasteiger partial charge in [0.15, 0.2) is 5.78 Å². The summed E-state index contributed by atoms with van der Waals surface area (Å²) in [5.41, 5.74) is 3.85. The quantitative estimate of drug-likeness (QED) is 0.786. The molecule has 1 heterocycles. The number of aryl methyl sites for hydroxylation is 1. The predicted octanol–water partition coefficient (Wildman–Crippen LogP) is 4.28. The smallest absolute Gasteiger partial charge is 0.184 e. The van der Waals surface area contributed by atoms with Crippen LogP contribution >= 0.6 is 11.3 Å². The van der Waals surface area contributed by atoms with Crippen molar-refractivity contribution in [1.82, 2.24) is 0 Å². The van der Waals surface area contributed by atoms with Crippen LogP contribution in [0.25, 0.3) is 6.08 Å². The average Bonchev–Trinajstić information content (AvgIpc) is 2.81. The summed E-state index contributed by atoms with van der Waals surface area (Å²) in [6, 6.07) is 2.09. The fraction of sp³-hybridized carbons (Fsp3) is 0.500. The highest BCUT2D eigenvalue weighted by Gasteiger charge is 2.43. The molecule has 1 fully saturated rings. The molecular weight excluding hydrogens is 280 g/mol. The fourth-order valence-corrected chi connectivity index (χ4v) is 4.81. The van der Waals surface area contributed by atoms with Crippen LogP contribution in [0.5, 0.6) is 0 Å². The topological polar surface area (TPSA) is 37.3 Å². The van der Waals surface area contributed by atoms with E-state index in [-0.39, 0.29) is 11.2 Å². The van der Waals surface area contributed by atoms with Gasteiger partial charge in [-0.15, -0.1) is 11.3 Å². The zero-order chi connectivity index (χ0) is 15.2. The van der Waals surface area contributed by atoms with E-state index in [0.29, 0.717) is 0 Å². The van der Waals surface area contributed by atoms with E-state index in [0.717, 1.165) is 42.4 Å². The Balaban J connectivity index is 2.07. The Hall–Kier alpha value is -1.19. The van der Waals surface area contributed by atoms with Crippen LogP contribution in [-0.4, -0.2) is 17.0 Å². The standard InChI is InChI=1S/C18H22O2S/c1-11-6-8-21-15(11)9-13-10-18(3)7-4-5-14(19)16(18)12(2)17(13)20/h6,8-9,14,19H,4-5,7,10H2,1-3H3/t14-,18-/m0/s1. The van der Waals surface area contributed by atoms with Crippen molar-refractivity contribution >= 4 is 23.2 Å². The molecule has 2 nitrogen and oxygen atoms in total. The molecule has 0 aliphatic heterocycles. The molecule has 1 aromatic heterocycles. The van der Waals surface area contributed by atoms with Crippen molar-refractivity contribution in [1.29, 1.82) is 0 Å². The highest BCUT2D eigenvalue weighted by molar-refractivity contribution is 7.11. The number of aliphatic hydroxyl groups excluding tert-OH is 1. The molecule has 1 aromatic rings. The zero-order valence-electron chi connectivity index (χ0n) is 12.9. The molecule has 1 saturated carbocycles. The molecule has 0 spiro atoms. The second-order valence-corrected chi connectivity index (χ2v) is 7.60. The van der Waals surface area contributed by atoms with Crippen molar-refractivity contribution in [2.75, 3.05) is 0 Å². The van der Waals surface area contributed by atoms with Crippen molar-refractivity contribution in [3.05, 3.63) is 38.6 Å². The largest absolute Gasteiger partial charge is 0.389 e. The molecule has 0 aromatic carbocycles. The lowest BCUT2D eigenvalue weighted by atomic mass is 9.61. The van der Waals surface area contributed by atoms with E-state index in [9.17, 15) is 9.90 Å². The molecule has 0 unspecified atom stereocenters. The molecule has 2 aliphatic rings. The van der Waals surface area contributed by atoms with Crippen molar-refractivity contribution in [2.24, 2.45) is 5.41 Å². The van der Waals surface area contributed by atoms with Crippen LogP contribution in [0.4, 0.5) is 0 Å². The Bertz CT molecular complexity index is 650. The van der Waals surface area contributed by atoms with Crippen LogP contribution in [0.1, 0.15) is 50.0 Å². The maximum absolute atomic E-state index is 12.7.